The van der Waals surface area contributed by atoms with Crippen molar-refractivity contribution in [3.63, 3.8) is 0 Å². The van der Waals surface area contributed by atoms with Gasteiger partial charge in [0.25, 0.3) is 5.91 Å². The molecule has 0 saturated carbocycles. The molecule has 3 heterocycles. The molecule has 0 aliphatic carbocycles. The Morgan fingerprint density at radius 1 is 1.23 bits per heavy atom. The van der Waals surface area contributed by atoms with E-state index in [2.05, 4.69) is 39.9 Å². The van der Waals surface area contributed by atoms with Crippen LogP contribution >= 0.6 is 0 Å². The van der Waals surface area contributed by atoms with Gasteiger partial charge in [-0.15, -0.1) is 5.10 Å². The second-order valence-corrected chi connectivity index (χ2v) is 7.71. The second kappa shape index (κ2) is 8.83. The first-order valence-electron chi connectivity index (χ1n) is 10.4. The van der Waals surface area contributed by atoms with Crippen molar-refractivity contribution in [2.75, 3.05) is 19.7 Å². The van der Waals surface area contributed by atoms with E-state index in [-0.39, 0.29) is 30.8 Å². The molecule has 1 aromatic carbocycles. The molecule has 1 aromatic heterocycles. The van der Waals surface area contributed by atoms with Gasteiger partial charge in [-0.2, -0.15) is 0 Å². The fourth-order valence-electron chi connectivity index (χ4n) is 3.85. The molecule has 0 bridgehead atoms. The first-order valence-corrected chi connectivity index (χ1v) is 10.4. The van der Waals surface area contributed by atoms with Gasteiger partial charge >= 0.3 is 6.09 Å². The van der Waals surface area contributed by atoms with E-state index in [9.17, 15) is 9.59 Å². The zero-order valence-electron chi connectivity index (χ0n) is 17.3. The molecule has 1 saturated heterocycles. The number of carbonyl (C=O) groups is 2. The molecular weight excluding hydrogens is 386 g/mol. The molecule has 2 aliphatic rings. The van der Waals surface area contributed by atoms with Gasteiger partial charge in [0.15, 0.2) is 5.69 Å². The van der Waals surface area contributed by atoms with Crippen molar-refractivity contribution in [2.45, 2.75) is 52.0 Å². The smallest absolute Gasteiger partial charge is 0.409 e. The maximum atomic E-state index is 12.8. The Balaban J connectivity index is 1.35. The fraction of sp³-hybridized carbons (Fsp3) is 0.524. The summed E-state index contributed by atoms with van der Waals surface area (Å²) in [5.41, 5.74) is 3.29. The Morgan fingerprint density at radius 2 is 1.97 bits per heavy atom. The minimum absolute atomic E-state index is 0.00894. The SMILES string of the molecule is CCOC(=O)N1CCC(NC(=O)c2nnn3c2CO[C@@H](c2ccc(C)cc2)C3)CC1. The third-order valence-electron chi connectivity index (χ3n) is 5.62. The summed E-state index contributed by atoms with van der Waals surface area (Å²) in [6, 6.07) is 8.21. The maximum Gasteiger partial charge on any atom is 0.409 e. The molecule has 160 valence electrons. The predicted molar refractivity (Wildman–Crippen MR) is 108 cm³/mol. The van der Waals surface area contributed by atoms with Gasteiger partial charge in [-0.25, -0.2) is 9.48 Å². The molecule has 0 radical (unpaired) electrons. The molecule has 2 aromatic rings. The minimum Gasteiger partial charge on any atom is -0.450 e. The average molecular weight is 413 g/mol. The van der Waals surface area contributed by atoms with Crippen molar-refractivity contribution in [1.82, 2.24) is 25.2 Å². The van der Waals surface area contributed by atoms with Crippen molar-refractivity contribution in [3.8, 4) is 0 Å². The van der Waals surface area contributed by atoms with Crippen LogP contribution in [0.4, 0.5) is 4.79 Å². The molecule has 4 rings (SSSR count). The number of hydrogen-bond acceptors (Lipinski definition) is 6. The summed E-state index contributed by atoms with van der Waals surface area (Å²) >= 11 is 0. The lowest BCUT2D eigenvalue weighted by atomic mass is 10.0. The van der Waals surface area contributed by atoms with E-state index in [0.717, 1.165) is 5.56 Å². The van der Waals surface area contributed by atoms with Gasteiger partial charge in [0.05, 0.1) is 25.5 Å². The van der Waals surface area contributed by atoms with E-state index >= 15 is 0 Å². The highest BCUT2D eigenvalue weighted by Crippen LogP contribution is 2.27. The summed E-state index contributed by atoms with van der Waals surface area (Å²) in [5, 5.41) is 11.3. The van der Waals surface area contributed by atoms with Crippen LogP contribution in [0, 0.1) is 6.92 Å². The highest BCUT2D eigenvalue weighted by Gasteiger charge is 2.30. The van der Waals surface area contributed by atoms with Crippen molar-refractivity contribution < 1.29 is 19.1 Å². The number of fused-ring (bicyclic) bond motifs is 1. The molecule has 1 fully saturated rings. The molecular formula is C21H27N5O4. The van der Waals surface area contributed by atoms with Crippen LogP contribution in [0.2, 0.25) is 0 Å². The molecule has 9 heteroatoms. The summed E-state index contributed by atoms with van der Waals surface area (Å²) in [5.74, 6) is -0.247. The van der Waals surface area contributed by atoms with Crippen molar-refractivity contribution in [3.05, 3.63) is 46.8 Å². The summed E-state index contributed by atoms with van der Waals surface area (Å²) < 4.78 is 12.8. The molecule has 2 amide bonds. The maximum absolute atomic E-state index is 12.8. The Bertz CT molecular complexity index is 903. The van der Waals surface area contributed by atoms with E-state index in [0.29, 0.717) is 50.5 Å². The largest absolute Gasteiger partial charge is 0.450 e. The minimum atomic E-state index is -0.296. The molecule has 1 N–H and O–H groups in total. The summed E-state index contributed by atoms with van der Waals surface area (Å²) in [6.07, 6.45) is 0.956. The number of hydrogen-bond donors (Lipinski definition) is 1. The molecule has 1 atom stereocenters. The zero-order chi connectivity index (χ0) is 21.1. The van der Waals surface area contributed by atoms with E-state index in [4.69, 9.17) is 9.47 Å². The number of nitrogens with one attached hydrogen (secondary N) is 1. The molecule has 0 unspecified atom stereocenters. The molecule has 2 aliphatic heterocycles. The van der Waals surface area contributed by atoms with Crippen LogP contribution in [-0.2, 0) is 22.6 Å². The normalized spacial score (nSPS) is 19.3. The van der Waals surface area contributed by atoms with E-state index in [1.54, 1.807) is 16.5 Å². The third kappa shape index (κ3) is 4.30. The van der Waals surface area contributed by atoms with Gasteiger partial charge in [-0.3, -0.25) is 4.79 Å². The number of amides is 2. The van der Waals surface area contributed by atoms with Crippen LogP contribution in [-0.4, -0.2) is 57.6 Å². The van der Waals surface area contributed by atoms with Crippen LogP contribution < -0.4 is 5.32 Å². The van der Waals surface area contributed by atoms with Gasteiger partial charge in [0.2, 0.25) is 0 Å². The number of likely N-dealkylation sites (tertiary alicyclic amines) is 1. The van der Waals surface area contributed by atoms with Gasteiger partial charge in [0.1, 0.15) is 6.10 Å². The number of piperidine rings is 1. The third-order valence-corrected chi connectivity index (χ3v) is 5.62. The van der Waals surface area contributed by atoms with Gasteiger partial charge in [0, 0.05) is 19.1 Å². The number of aromatic nitrogens is 3. The lowest BCUT2D eigenvalue weighted by Gasteiger charge is -2.31. The summed E-state index contributed by atoms with van der Waals surface area (Å²) in [6.45, 7) is 6.13. The summed E-state index contributed by atoms with van der Waals surface area (Å²) in [4.78, 5) is 26.2. The second-order valence-electron chi connectivity index (χ2n) is 7.71. The van der Waals surface area contributed by atoms with Crippen molar-refractivity contribution in [1.29, 1.82) is 0 Å². The van der Waals surface area contributed by atoms with E-state index < -0.39 is 0 Å². The molecule has 9 nitrogen and oxygen atoms in total. The Labute approximate surface area is 175 Å². The standard InChI is InChI=1S/C21H27N5O4/c1-3-29-21(28)25-10-8-16(9-11-25)22-20(27)19-17-13-30-18(12-26(17)24-23-19)15-6-4-14(2)5-7-15/h4-7,16,18H,3,8-13H2,1-2H3,(H,22,27)/t18-/m1/s1. The fourth-order valence-corrected chi connectivity index (χ4v) is 3.85. The average Bonchev–Trinajstić information content (AvgIpc) is 3.18. The van der Waals surface area contributed by atoms with Gasteiger partial charge in [-0.05, 0) is 32.3 Å². The Kier molecular flexibility index (Phi) is 5.98. The van der Waals surface area contributed by atoms with Crippen molar-refractivity contribution in [2.24, 2.45) is 0 Å². The van der Waals surface area contributed by atoms with E-state index in [1.165, 1.54) is 5.56 Å². The van der Waals surface area contributed by atoms with Gasteiger partial charge < -0.3 is 19.7 Å². The number of aryl methyl sites for hydroxylation is 1. The molecule has 30 heavy (non-hydrogen) atoms. The highest BCUT2D eigenvalue weighted by atomic mass is 16.6. The summed E-state index contributed by atoms with van der Waals surface area (Å²) in [7, 11) is 0. The first kappa shape index (κ1) is 20.3. The van der Waals surface area contributed by atoms with Crippen LogP contribution in [0.15, 0.2) is 24.3 Å². The number of benzene rings is 1. The zero-order valence-corrected chi connectivity index (χ0v) is 17.3. The van der Waals surface area contributed by atoms with Crippen LogP contribution in [0.25, 0.3) is 0 Å². The molecule has 0 spiro atoms. The number of nitrogens with zero attached hydrogens (tertiary/aromatic N) is 4. The van der Waals surface area contributed by atoms with Crippen LogP contribution in [0.1, 0.15) is 53.2 Å². The van der Waals surface area contributed by atoms with Crippen LogP contribution in [0.5, 0.6) is 0 Å². The lowest BCUT2D eigenvalue weighted by Crippen LogP contribution is -2.47. The Morgan fingerprint density at radius 3 is 2.67 bits per heavy atom. The van der Waals surface area contributed by atoms with Gasteiger partial charge in [-0.1, -0.05) is 35.0 Å². The number of ether oxygens (including phenoxy) is 2. The topological polar surface area (TPSA) is 98.6 Å². The van der Waals surface area contributed by atoms with Crippen LogP contribution in [0.3, 0.4) is 0 Å². The highest BCUT2D eigenvalue weighted by molar-refractivity contribution is 5.93. The predicted octanol–water partition coefficient (Wildman–Crippen LogP) is 2.21. The Hall–Kier alpha value is -2.94. The monoisotopic (exact) mass is 413 g/mol. The first-order chi connectivity index (χ1) is 14.5. The number of rotatable bonds is 4. The number of carbonyl (C=O) groups excluding carboxylic acids is 2. The van der Waals surface area contributed by atoms with Crippen molar-refractivity contribution >= 4 is 12.0 Å². The van der Waals surface area contributed by atoms with E-state index in [1.807, 2.05) is 6.92 Å². The quantitative estimate of drug-likeness (QED) is 0.825. The lowest BCUT2D eigenvalue weighted by molar-refractivity contribution is -0.00180.